The average molecular weight is 259 g/mol. The molecule has 1 aliphatic rings. The van der Waals surface area contributed by atoms with Crippen LogP contribution in [-0.4, -0.2) is 17.6 Å². The van der Waals surface area contributed by atoms with Gasteiger partial charge in [-0.25, -0.2) is 4.98 Å². The molecular weight excluding hydrogens is 242 g/mol. The molecule has 1 aromatic carbocycles. The first kappa shape index (κ1) is 11.7. The van der Waals surface area contributed by atoms with Gasteiger partial charge in [0.1, 0.15) is 0 Å². The topological polar surface area (TPSA) is 50.9 Å². The number of nitrogens with zero attached hydrogens (tertiary/aromatic N) is 1. The second kappa shape index (κ2) is 5.08. The standard InChI is InChI=1S/C14H17N3S/c15-14-17-13(10-4-2-1-3-5-10)12(18-14)8-9-16-11-6-7-11/h1-5,11,16H,6-9H2,(H2,15,17). The van der Waals surface area contributed by atoms with Crippen molar-refractivity contribution in [3.63, 3.8) is 0 Å². The lowest BCUT2D eigenvalue weighted by molar-refractivity contribution is 0.685. The minimum absolute atomic E-state index is 0.662. The molecule has 1 aromatic heterocycles. The van der Waals surface area contributed by atoms with Gasteiger partial charge in [0.25, 0.3) is 0 Å². The van der Waals surface area contributed by atoms with Crippen LogP contribution in [0.4, 0.5) is 5.13 Å². The van der Waals surface area contributed by atoms with Gasteiger partial charge in [-0.2, -0.15) is 0 Å². The third kappa shape index (κ3) is 2.71. The van der Waals surface area contributed by atoms with Crippen LogP contribution in [0.5, 0.6) is 0 Å². The SMILES string of the molecule is Nc1nc(-c2ccccc2)c(CCNC2CC2)s1. The predicted octanol–water partition coefficient (Wildman–Crippen LogP) is 2.69. The van der Waals surface area contributed by atoms with Crippen molar-refractivity contribution in [1.82, 2.24) is 10.3 Å². The highest BCUT2D eigenvalue weighted by molar-refractivity contribution is 7.15. The maximum atomic E-state index is 5.85. The fourth-order valence-corrected chi connectivity index (χ4v) is 2.89. The molecule has 94 valence electrons. The van der Waals surface area contributed by atoms with Crippen LogP contribution in [0.15, 0.2) is 30.3 Å². The second-order valence-corrected chi connectivity index (χ2v) is 5.78. The minimum Gasteiger partial charge on any atom is -0.375 e. The van der Waals surface area contributed by atoms with Crippen LogP contribution in [0.1, 0.15) is 17.7 Å². The second-order valence-electron chi connectivity index (χ2n) is 4.67. The van der Waals surface area contributed by atoms with Crippen molar-refractivity contribution in [2.45, 2.75) is 25.3 Å². The maximum absolute atomic E-state index is 5.85. The molecule has 18 heavy (non-hydrogen) atoms. The summed E-state index contributed by atoms with van der Waals surface area (Å²) >= 11 is 1.61. The molecule has 1 aliphatic carbocycles. The first-order valence-corrected chi connectivity index (χ1v) is 7.18. The zero-order chi connectivity index (χ0) is 12.4. The number of nitrogens with two attached hydrogens (primary N) is 1. The average Bonchev–Trinajstić information content (AvgIpc) is 3.13. The minimum atomic E-state index is 0.662. The Bertz CT molecular complexity index is 517. The van der Waals surface area contributed by atoms with Gasteiger partial charge in [0.15, 0.2) is 5.13 Å². The zero-order valence-electron chi connectivity index (χ0n) is 10.2. The van der Waals surface area contributed by atoms with Gasteiger partial charge in [0.2, 0.25) is 0 Å². The van der Waals surface area contributed by atoms with Crippen LogP contribution in [0.3, 0.4) is 0 Å². The van der Waals surface area contributed by atoms with E-state index >= 15 is 0 Å². The number of hydrogen-bond acceptors (Lipinski definition) is 4. The number of hydrogen-bond donors (Lipinski definition) is 2. The Morgan fingerprint density at radius 2 is 2.06 bits per heavy atom. The first-order valence-electron chi connectivity index (χ1n) is 6.37. The van der Waals surface area contributed by atoms with E-state index in [1.54, 1.807) is 11.3 Å². The molecule has 0 amide bonds. The Morgan fingerprint density at radius 1 is 1.28 bits per heavy atom. The molecular formula is C14H17N3S. The van der Waals surface area contributed by atoms with E-state index in [0.717, 1.165) is 30.3 Å². The van der Waals surface area contributed by atoms with Crippen molar-refractivity contribution in [3.05, 3.63) is 35.2 Å². The molecule has 0 spiro atoms. The van der Waals surface area contributed by atoms with Crippen molar-refractivity contribution < 1.29 is 0 Å². The summed E-state index contributed by atoms with van der Waals surface area (Å²) in [6, 6.07) is 11.0. The van der Waals surface area contributed by atoms with Gasteiger partial charge < -0.3 is 11.1 Å². The highest BCUT2D eigenvalue weighted by atomic mass is 32.1. The molecule has 1 fully saturated rings. The van der Waals surface area contributed by atoms with Gasteiger partial charge in [0.05, 0.1) is 5.69 Å². The van der Waals surface area contributed by atoms with E-state index in [0.29, 0.717) is 5.13 Å². The van der Waals surface area contributed by atoms with Gasteiger partial charge >= 0.3 is 0 Å². The van der Waals surface area contributed by atoms with Crippen LogP contribution in [0, 0.1) is 0 Å². The van der Waals surface area contributed by atoms with Crippen molar-refractivity contribution in [1.29, 1.82) is 0 Å². The summed E-state index contributed by atoms with van der Waals surface area (Å²) in [6.07, 6.45) is 3.67. The molecule has 3 nitrogen and oxygen atoms in total. The van der Waals surface area contributed by atoms with E-state index in [9.17, 15) is 0 Å². The van der Waals surface area contributed by atoms with Crippen LogP contribution >= 0.6 is 11.3 Å². The summed E-state index contributed by atoms with van der Waals surface area (Å²) in [5.41, 5.74) is 8.06. The quantitative estimate of drug-likeness (QED) is 0.868. The van der Waals surface area contributed by atoms with Crippen molar-refractivity contribution >= 4 is 16.5 Å². The fourth-order valence-electron chi connectivity index (χ4n) is 2.04. The van der Waals surface area contributed by atoms with Gasteiger partial charge in [-0.05, 0) is 19.3 Å². The van der Waals surface area contributed by atoms with E-state index in [4.69, 9.17) is 5.73 Å². The number of nitrogen functional groups attached to an aromatic ring is 1. The third-order valence-corrected chi connectivity index (χ3v) is 4.07. The largest absolute Gasteiger partial charge is 0.375 e. The van der Waals surface area contributed by atoms with Crippen molar-refractivity contribution in [2.75, 3.05) is 12.3 Å². The lowest BCUT2D eigenvalue weighted by atomic mass is 10.1. The first-order chi connectivity index (χ1) is 8.83. The summed E-state index contributed by atoms with van der Waals surface area (Å²) in [4.78, 5) is 5.75. The molecule has 1 heterocycles. The molecule has 0 radical (unpaired) electrons. The summed E-state index contributed by atoms with van der Waals surface area (Å²) in [5, 5.41) is 4.19. The Hall–Kier alpha value is -1.39. The van der Waals surface area contributed by atoms with Crippen molar-refractivity contribution in [3.8, 4) is 11.3 Å². The lowest BCUT2D eigenvalue weighted by Crippen LogP contribution is -2.19. The summed E-state index contributed by atoms with van der Waals surface area (Å²) in [7, 11) is 0. The molecule has 3 N–H and O–H groups in total. The summed E-state index contributed by atoms with van der Waals surface area (Å²) in [5.74, 6) is 0. The predicted molar refractivity (Wildman–Crippen MR) is 76.7 cm³/mol. The van der Waals surface area contributed by atoms with E-state index < -0.39 is 0 Å². The Labute approximate surface area is 111 Å². The number of anilines is 1. The monoisotopic (exact) mass is 259 g/mol. The molecule has 3 rings (SSSR count). The molecule has 0 unspecified atom stereocenters. The Morgan fingerprint density at radius 3 is 2.78 bits per heavy atom. The van der Waals surface area contributed by atoms with Crippen LogP contribution in [0.25, 0.3) is 11.3 Å². The lowest BCUT2D eigenvalue weighted by Gasteiger charge is -2.03. The van der Waals surface area contributed by atoms with Gasteiger partial charge in [-0.3, -0.25) is 0 Å². The molecule has 0 atom stereocenters. The summed E-state index contributed by atoms with van der Waals surface area (Å²) < 4.78 is 0. The molecule has 0 bridgehead atoms. The number of rotatable bonds is 5. The normalized spacial score (nSPS) is 14.9. The van der Waals surface area contributed by atoms with Crippen LogP contribution < -0.4 is 11.1 Å². The molecule has 4 heteroatoms. The molecule has 2 aromatic rings. The van der Waals surface area contributed by atoms with Gasteiger partial charge in [-0.1, -0.05) is 30.3 Å². The highest BCUT2D eigenvalue weighted by Gasteiger charge is 2.20. The van der Waals surface area contributed by atoms with Gasteiger partial charge in [0, 0.05) is 23.0 Å². The van der Waals surface area contributed by atoms with E-state index in [-0.39, 0.29) is 0 Å². The molecule has 0 saturated heterocycles. The third-order valence-electron chi connectivity index (χ3n) is 3.12. The van der Waals surface area contributed by atoms with E-state index in [1.807, 2.05) is 18.2 Å². The number of thiazole rings is 1. The maximum Gasteiger partial charge on any atom is 0.180 e. The smallest absolute Gasteiger partial charge is 0.180 e. The van der Waals surface area contributed by atoms with E-state index in [1.165, 1.54) is 17.7 Å². The zero-order valence-corrected chi connectivity index (χ0v) is 11.0. The number of nitrogens with one attached hydrogen (secondary N) is 1. The van der Waals surface area contributed by atoms with E-state index in [2.05, 4.69) is 22.4 Å². The number of benzene rings is 1. The van der Waals surface area contributed by atoms with Crippen LogP contribution in [-0.2, 0) is 6.42 Å². The molecule has 0 aliphatic heterocycles. The summed E-state index contributed by atoms with van der Waals surface area (Å²) in [6.45, 7) is 1.02. The van der Waals surface area contributed by atoms with Gasteiger partial charge in [-0.15, -0.1) is 11.3 Å². The van der Waals surface area contributed by atoms with Crippen LogP contribution in [0.2, 0.25) is 0 Å². The number of aromatic nitrogens is 1. The Balaban J connectivity index is 1.76. The van der Waals surface area contributed by atoms with Crippen molar-refractivity contribution in [2.24, 2.45) is 0 Å². The fraction of sp³-hybridized carbons (Fsp3) is 0.357. The molecule has 1 saturated carbocycles. The highest BCUT2D eigenvalue weighted by Crippen LogP contribution is 2.30. The Kier molecular flexibility index (Phi) is 3.30.